The van der Waals surface area contributed by atoms with Gasteiger partial charge in [0.05, 0.1) is 34.0 Å². The second-order valence-corrected chi connectivity index (χ2v) is 11.7. The van der Waals surface area contributed by atoms with E-state index < -0.39 is 34.6 Å². The second kappa shape index (κ2) is 10.3. The van der Waals surface area contributed by atoms with Crippen LogP contribution in [0.25, 0.3) is 0 Å². The number of carbonyl (C=O) groups is 2. The van der Waals surface area contributed by atoms with Gasteiger partial charge in [0.15, 0.2) is 17.2 Å². The molecule has 3 N–H and O–H groups in total. The number of halogens is 1. The number of aromatic amines is 1. The minimum atomic E-state index is -2.00. The lowest BCUT2D eigenvalue weighted by Gasteiger charge is -2.42. The number of aromatic hydroxyl groups is 1. The van der Waals surface area contributed by atoms with E-state index in [1.807, 2.05) is 13.8 Å². The Morgan fingerprint density at radius 1 is 0.977 bits per heavy atom. The standard InChI is InChI=1S/C31H32ClN3O9/c1-12(2)35-29-23(30(39)34-35)20(14-9-18(42-6)25(36)19(10-14)43-7)21-15(33-29)8-13(3)31(27(21)37)28(38)22-16(40-4)11-17(41-5)24(32)26(22)44-31/h9-13,20,33,36H,8H2,1-7H3,(H,34,39)/t13-,20?,31+/m1/s1. The zero-order chi connectivity index (χ0) is 31.8. The van der Waals surface area contributed by atoms with Gasteiger partial charge < -0.3 is 34.1 Å². The van der Waals surface area contributed by atoms with Gasteiger partial charge in [-0.2, -0.15) is 0 Å². The molecule has 0 amide bonds. The van der Waals surface area contributed by atoms with Crippen molar-refractivity contribution in [1.82, 2.24) is 9.78 Å². The Morgan fingerprint density at radius 2 is 1.59 bits per heavy atom. The first-order valence-corrected chi connectivity index (χ1v) is 14.3. The van der Waals surface area contributed by atoms with Crippen LogP contribution in [0.1, 0.15) is 60.6 Å². The van der Waals surface area contributed by atoms with E-state index in [1.165, 1.54) is 34.5 Å². The van der Waals surface area contributed by atoms with Gasteiger partial charge in [0.1, 0.15) is 27.9 Å². The summed E-state index contributed by atoms with van der Waals surface area (Å²) in [6.45, 7) is 5.59. The Labute approximate surface area is 257 Å². The fourth-order valence-electron chi connectivity index (χ4n) is 6.57. The van der Waals surface area contributed by atoms with Gasteiger partial charge >= 0.3 is 0 Å². The molecule has 0 radical (unpaired) electrons. The molecule has 0 saturated carbocycles. The first kappa shape index (κ1) is 29.5. The van der Waals surface area contributed by atoms with E-state index in [2.05, 4.69) is 10.4 Å². The van der Waals surface area contributed by atoms with Crippen molar-refractivity contribution in [3.05, 3.63) is 61.5 Å². The fraction of sp³-hybridized carbons (Fsp3) is 0.387. The van der Waals surface area contributed by atoms with Gasteiger partial charge in [-0.25, -0.2) is 0 Å². The number of aromatic nitrogens is 2. The molecule has 3 aliphatic rings. The Hall–Kier alpha value is -4.58. The summed E-state index contributed by atoms with van der Waals surface area (Å²) in [5, 5.41) is 16.9. The third-order valence-electron chi connectivity index (χ3n) is 8.69. The van der Waals surface area contributed by atoms with Crippen LogP contribution >= 0.6 is 11.6 Å². The van der Waals surface area contributed by atoms with Gasteiger partial charge in [0, 0.05) is 35.2 Å². The lowest BCUT2D eigenvalue weighted by molar-refractivity contribution is -0.130. The number of phenols is 1. The number of nitrogens with one attached hydrogen (secondary N) is 2. The number of phenolic OH excluding ortho intramolecular Hbond substituents is 1. The topological polar surface area (TPSA) is 150 Å². The summed E-state index contributed by atoms with van der Waals surface area (Å²) in [5.74, 6) is -2.09. The molecule has 0 fully saturated rings. The first-order chi connectivity index (χ1) is 20.9. The monoisotopic (exact) mass is 625 g/mol. The van der Waals surface area contributed by atoms with E-state index in [9.17, 15) is 19.5 Å². The number of methoxy groups -OCH3 is 4. The molecule has 6 rings (SSSR count). The summed E-state index contributed by atoms with van der Waals surface area (Å²) in [7, 11) is 5.58. The first-order valence-electron chi connectivity index (χ1n) is 14.0. The second-order valence-electron chi connectivity index (χ2n) is 11.3. The van der Waals surface area contributed by atoms with Crippen LogP contribution in [0.2, 0.25) is 5.02 Å². The molecule has 1 aromatic heterocycles. The lowest BCUT2D eigenvalue weighted by Crippen LogP contribution is -2.58. The number of ether oxygens (including phenoxy) is 5. The Bertz CT molecular complexity index is 1810. The van der Waals surface area contributed by atoms with Crippen LogP contribution in [-0.2, 0) is 4.79 Å². The molecule has 3 heterocycles. The highest BCUT2D eigenvalue weighted by molar-refractivity contribution is 6.36. The fourth-order valence-corrected chi connectivity index (χ4v) is 6.83. The zero-order valence-electron chi connectivity index (χ0n) is 25.2. The summed E-state index contributed by atoms with van der Waals surface area (Å²) < 4.78 is 29.8. The van der Waals surface area contributed by atoms with E-state index in [0.717, 1.165) is 0 Å². The van der Waals surface area contributed by atoms with Crippen molar-refractivity contribution in [3.8, 4) is 34.5 Å². The number of benzene rings is 2. The number of anilines is 1. The number of hydrogen-bond acceptors (Lipinski definition) is 10. The maximum atomic E-state index is 15.0. The minimum Gasteiger partial charge on any atom is -0.502 e. The lowest BCUT2D eigenvalue weighted by atomic mass is 9.66. The van der Waals surface area contributed by atoms with Gasteiger partial charge in [0.25, 0.3) is 5.56 Å². The van der Waals surface area contributed by atoms with Crippen molar-refractivity contribution in [2.75, 3.05) is 33.8 Å². The summed E-state index contributed by atoms with van der Waals surface area (Å²) >= 11 is 6.62. The van der Waals surface area contributed by atoms with E-state index in [4.69, 9.17) is 35.3 Å². The summed E-state index contributed by atoms with van der Waals surface area (Å²) in [6, 6.07) is 4.43. The van der Waals surface area contributed by atoms with Crippen molar-refractivity contribution in [2.45, 2.75) is 44.8 Å². The summed E-state index contributed by atoms with van der Waals surface area (Å²) in [6.07, 6.45) is 0.220. The van der Waals surface area contributed by atoms with Crippen LogP contribution in [0.4, 0.5) is 5.82 Å². The van der Waals surface area contributed by atoms with Crippen molar-refractivity contribution >= 4 is 29.0 Å². The Kier molecular flexibility index (Phi) is 6.87. The minimum absolute atomic E-state index is 0.00472. The molecule has 1 spiro atoms. The maximum absolute atomic E-state index is 15.0. The highest BCUT2D eigenvalue weighted by atomic mass is 35.5. The molecule has 12 nitrogen and oxygen atoms in total. The Balaban J connectivity index is 1.61. The molecule has 3 atom stereocenters. The number of fused-ring (bicyclic) bond motifs is 2. The SMILES string of the molecule is COc1cc(C2C3=C(C[C@@H](C)[C@]4(Oc5c(Cl)c(OC)cc(OC)c5C4=O)C3=O)Nc3c2c(=O)[nH]n3C(C)C)cc(OC)c1O. The van der Waals surface area contributed by atoms with Crippen molar-refractivity contribution in [3.63, 3.8) is 0 Å². The number of ketones is 2. The van der Waals surface area contributed by atoms with Crippen LogP contribution in [-0.4, -0.2) is 60.5 Å². The molecular weight excluding hydrogens is 594 g/mol. The quantitative estimate of drug-likeness (QED) is 0.332. The molecule has 44 heavy (non-hydrogen) atoms. The molecule has 13 heteroatoms. The third kappa shape index (κ3) is 3.79. The number of Topliss-reactive ketones (excluding diaryl/α,β-unsaturated/α-hetero) is 2. The van der Waals surface area contributed by atoms with E-state index in [-0.39, 0.29) is 68.7 Å². The van der Waals surface area contributed by atoms with E-state index >= 15 is 0 Å². The van der Waals surface area contributed by atoms with Gasteiger partial charge in [-0.15, -0.1) is 0 Å². The summed E-state index contributed by atoms with van der Waals surface area (Å²) in [5.41, 5.74) is -1.00. The third-order valence-corrected chi connectivity index (χ3v) is 9.05. The molecule has 2 aliphatic heterocycles. The molecular formula is C31H32ClN3O9. The number of carbonyl (C=O) groups excluding carboxylic acids is 2. The molecule has 232 valence electrons. The van der Waals surface area contributed by atoms with E-state index in [0.29, 0.717) is 17.1 Å². The molecule has 0 bridgehead atoms. The summed E-state index contributed by atoms with van der Waals surface area (Å²) in [4.78, 5) is 43.0. The van der Waals surface area contributed by atoms with Crippen LogP contribution in [0, 0.1) is 5.92 Å². The zero-order valence-corrected chi connectivity index (χ0v) is 26.0. The van der Waals surface area contributed by atoms with Crippen LogP contribution in [0.5, 0.6) is 34.5 Å². The molecule has 2 aromatic carbocycles. The van der Waals surface area contributed by atoms with Gasteiger partial charge in [-0.1, -0.05) is 18.5 Å². The largest absolute Gasteiger partial charge is 0.502 e. The predicted octanol–water partition coefficient (Wildman–Crippen LogP) is 4.59. The number of nitrogens with zero attached hydrogens (tertiary/aromatic N) is 1. The van der Waals surface area contributed by atoms with Crippen molar-refractivity contribution in [2.24, 2.45) is 5.92 Å². The molecule has 1 aliphatic carbocycles. The molecule has 0 saturated heterocycles. The van der Waals surface area contributed by atoms with Crippen molar-refractivity contribution in [1.29, 1.82) is 0 Å². The number of H-pyrrole nitrogens is 1. The average molecular weight is 626 g/mol. The molecule has 3 aromatic rings. The van der Waals surface area contributed by atoms with Crippen LogP contribution in [0.15, 0.2) is 34.3 Å². The number of hydrogen-bond donors (Lipinski definition) is 3. The number of allylic oxidation sites excluding steroid dienone is 1. The smallest absolute Gasteiger partial charge is 0.270 e. The van der Waals surface area contributed by atoms with E-state index in [1.54, 1.807) is 23.7 Å². The van der Waals surface area contributed by atoms with Gasteiger partial charge in [-0.05, 0) is 38.0 Å². The average Bonchev–Trinajstić information content (AvgIpc) is 3.51. The van der Waals surface area contributed by atoms with Crippen molar-refractivity contribution < 1.29 is 38.4 Å². The van der Waals surface area contributed by atoms with Gasteiger partial charge in [-0.3, -0.25) is 24.2 Å². The Morgan fingerprint density at radius 3 is 2.16 bits per heavy atom. The number of rotatable bonds is 6. The van der Waals surface area contributed by atoms with Crippen LogP contribution in [0.3, 0.4) is 0 Å². The predicted molar refractivity (Wildman–Crippen MR) is 160 cm³/mol. The highest BCUT2D eigenvalue weighted by Gasteiger charge is 2.64. The van der Waals surface area contributed by atoms with Gasteiger partial charge in [0.2, 0.25) is 22.9 Å². The maximum Gasteiger partial charge on any atom is 0.270 e. The normalized spacial score (nSPS) is 21.9. The van der Waals surface area contributed by atoms with Crippen LogP contribution < -0.4 is 34.6 Å². The molecule has 1 unspecified atom stereocenters. The highest BCUT2D eigenvalue weighted by Crippen LogP contribution is 2.57.